The van der Waals surface area contributed by atoms with E-state index in [0.29, 0.717) is 12.2 Å². The molecule has 0 spiro atoms. The minimum Gasteiger partial charge on any atom is -0.462 e. The molecule has 0 atom stereocenters. The third-order valence-corrected chi connectivity index (χ3v) is 2.37. The van der Waals surface area contributed by atoms with Crippen molar-refractivity contribution in [3.8, 4) is 11.1 Å². The van der Waals surface area contributed by atoms with Crippen LogP contribution < -0.4 is 5.73 Å². The lowest BCUT2D eigenvalue weighted by molar-refractivity contribution is 0.0526. The molecule has 0 amide bonds. The van der Waals surface area contributed by atoms with Crippen LogP contribution in [-0.4, -0.2) is 12.6 Å². The Kier molecular flexibility index (Phi) is 2.77. The smallest absolute Gasteiger partial charge is 0.338 e. The van der Waals surface area contributed by atoms with Crippen LogP contribution in [-0.2, 0) is 4.74 Å². The van der Waals surface area contributed by atoms with Gasteiger partial charge in [-0.15, -0.1) is 0 Å². The molecule has 0 radical (unpaired) electrons. The normalized spacial score (nSPS) is 10.3. The highest BCUT2D eigenvalue weighted by Gasteiger charge is 2.07. The third-order valence-electron chi connectivity index (χ3n) is 2.37. The van der Waals surface area contributed by atoms with E-state index in [1.165, 1.54) is 0 Å². The van der Waals surface area contributed by atoms with E-state index in [1.54, 1.807) is 19.1 Å². The molecule has 82 valence electrons. The van der Waals surface area contributed by atoms with Crippen LogP contribution in [0, 0.1) is 0 Å². The average molecular weight is 215 g/mol. The van der Waals surface area contributed by atoms with Crippen LogP contribution in [0.2, 0.25) is 0 Å². The standard InChI is InChI=1S/C13H13NO2/c1-2-16-13(15)9-3-5-10-7-12(14)8-11(10)6-4-9/h3-8H,2,14H2,1H3. The van der Waals surface area contributed by atoms with Crippen molar-refractivity contribution in [1.82, 2.24) is 0 Å². The second kappa shape index (κ2) is 4.23. The van der Waals surface area contributed by atoms with Gasteiger partial charge in [0.25, 0.3) is 0 Å². The Hall–Kier alpha value is -2.03. The Labute approximate surface area is 94.2 Å². The summed E-state index contributed by atoms with van der Waals surface area (Å²) >= 11 is 0. The van der Waals surface area contributed by atoms with Crippen molar-refractivity contribution in [2.45, 2.75) is 6.92 Å². The van der Waals surface area contributed by atoms with Gasteiger partial charge in [-0.1, -0.05) is 12.1 Å². The largest absolute Gasteiger partial charge is 0.462 e. The Morgan fingerprint density at radius 3 is 2.25 bits per heavy atom. The van der Waals surface area contributed by atoms with Gasteiger partial charge in [-0.2, -0.15) is 0 Å². The number of esters is 1. The second-order valence-electron chi connectivity index (χ2n) is 3.54. The summed E-state index contributed by atoms with van der Waals surface area (Å²) in [5, 5.41) is 0. The molecule has 2 rings (SSSR count). The predicted molar refractivity (Wildman–Crippen MR) is 63.4 cm³/mol. The number of nitrogen functional groups attached to an aromatic ring is 1. The van der Waals surface area contributed by atoms with Gasteiger partial charge in [0.15, 0.2) is 0 Å². The fourth-order valence-corrected chi connectivity index (χ4v) is 1.62. The molecule has 0 bridgehead atoms. The summed E-state index contributed by atoms with van der Waals surface area (Å²) in [7, 11) is 0. The van der Waals surface area contributed by atoms with E-state index in [9.17, 15) is 4.79 Å². The van der Waals surface area contributed by atoms with Gasteiger partial charge in [-0.3, -0.25) is 0 Å². The van der Waals surface area contributed by atoms with Crippen molar-refractivity contribution in [3.63, 3.8) is 0 Å². The summed E-state index contributed by atoms with van der Waals surface area (Å²) in [6.45, 7) is 2.17. The average Bonchev–Trinajstić information content (AvgIpc) is 2.48. The third kappa shape index (κ3) is 1.98. The summed E-state index contributed by atoms with van der Waals surface area (Å²) in [6.07, 6.45) is 0. The van der Waals surface area contributed by atoms with Crippen molar-refractivity contribution in [2.24, 2.45) is 0 Å². The number of hydrogen-bond acceptors (Lipinski definition) is 3. The van der Waals surface area contributed by atoms with Crippen LogP contribution in [0.1, 0.15) is 17.3 Å². The van der Waals surface area contributed by atoms with Gasteiger partial charge < -0.3 is 10.5 Å². The molecule has 2 aliphatic carbocycles. The number of hydrogen-bond donors (Lipinski definition) is 1. The molecule has 0 unspecified atom stereocenters. The van der Waals surface area contributed by atoms with E-state index in [2.05, 4.69) is 0 Å². The molecule has 0 fully saturated rings. The molecule has 2 aliphatic rings. The van der Waals surface area contributed by atoms with E-state index in [1.807, 2.05) is 24.3 Å². The Morgan fingerprint density at radius 2 is 1.75 bits per heavy atom. The molecule has 16 heavy (non-hydrogen) atoms. The van der Waals surface area contributed by atoms with E-state index in [4.69, 9.17) is 10.5 Å². The molecule has 0 aromatic carbocycles. The van der Waals surface area contributed by atoms with Crippen molar-refractivity contribution >= 4 is 11.7 Å². The van der Waals surface area contributed by atoms with Crippen molar-refractivity contribution in [1.29, 1.82) is 0 Å². The zero-order valence-corrected chi connectivity index (χ0v) is 9.07. The Morgan fingerprint density at radius 1 is 1.19 bits per heavy atom. The molecular weight excluding hydrogens is 202 g/mol. The maximum atomic E-state index is 11.5. The van der Waals surface area contributed by atoms with Crippen LogP contribution in [0.3, 0.4) is 0 Å². The van der Waals surface area contributed by atoms with E-state index in [-0.39, 0.29) is 5.97 Å². The quantitative estimate of drug-likeness (QED) is 0.783. The molecule has 2 N–H and O–H groups in total. The van der Waals surface area contributed by atoms with Crippen LogP contribution >= 0.6 is 0 Å². The molecular formula is C13H13NO2. The van der Waals surface area contributed by atoms with Crippen LogP contribution in [0.5, 0.6) is 0 Å². The van der Waals surface area contributed by atoms with Crippen molar-refractivity contribution in [3.05, 3.63) is 42.0 Å². The van der Waals surface area contributed by atoms with E-state index >= 15 is 0 Å². The lowest BCUT2D eigenvalue weighted by atomic mass is 10.2. The Balaban J connectivity index is 2.40. The summed E-state index contributed by atoms with van der Waals surface area (Å²) < 4.78 is 4.93. The molecule has 3 heteroatoms. The molecule has 0 heterocycles. The first-order chi connectivity index (χ1) is 7.70. The molecule has 3 nitrogen and oxygen atoms in total. The maximum absolute atomic E-state index is 11.5. The molecule has 0 saturated carbocycles. The monoisotopic (exact) mass is 215 g/mol. The van der Waals surface area contributed by atoms with Gasteiger partial charge in [0.2, 0.25) is 0 Å². The minimum atomic E-state index is -0.298. The van der Waals surface area contributed by atoms with Gasteiger partial charge in [0.1, 0.15) is 0 Å². The summed E-state index contributed by atoms with van der Waals surface area (Å²) in [4.78, 5) is 11.5. The summed E-state index contributed by atoms with van der Waals surface area (Å²) in [5.41, 5.74) is 9.02. The zero-order valence-electron chi connectivity index (χ0n) is 9.07. The first-order valence-electron chi connectivity index (χ1n) is 5.17. The van der Waals surface area contributed by atoms with Gasteiger partial charge in [-0.25, -0.2) is 4.79 Å². The maximum Gasteiger partial charge on any atom is 0.338 e. The van der Waals surface area contributed by atoms with Gasteiger partial charge in [-0.05, 0) is 42.3 Å². The highest BCUT2D eigenvalue weighted by molar-refractivity contribution is 5.90. The Bertz CT molecular complexity index is 460. The topological polar surface area (TPSA) is 52.3 Å². The number of carbonyl (C=O) groups excluding carboxylic acids is 1. The molecule has 0 saturated heterocycles. The number of ether oxygens (including phenoxy) is 1. The van der Waals surface area contributed by atoms with Crippen LogP contribution in [0.4, 0.5) is 5.69 Å². The number of carbonyl (C=O) groups is 1. The predicted octanol–water partition coefficient (Wildman–Crippen LogP) is 2.55. The first-order valence-corrected chi connectivity index (χ1v) is 5.17. The second-order valence-corrected chi connectivity index (χ2v) is 3.54. The number of rotatable bonds is 2. The molecule has 0 aliphatic heterocycles. The van der Waals surface area contributed by atoms with E-state index in [0.717, 1.165) is 16.8 Å². The fourth-order valence-electron chi connectivity index (χ4n) is 1.62. The first kappa shape index (κ1) is 10.5. The lowest BCUT2D eigenvalue weighted by Gasteiger charge is -1.97. The SMILES string of the molecule is CCOC(=O)c1ccc2cc(N)cc-2cc1. The zero-order chi connectivity index (χ0) is 11.5. The van der Waals surface area contributed by atoms with Crippen LogP contribution in [0.15, 0.2) is 36.4 Å². The highest BCUT2D eigenvalue weighted by Crippen LogP contribution is 2.26. The summed E-state index contributed by atoms with van der Waals surface area (Å²) in [5.74, 6) is -0.298. The van der Waals surface area contributed by atoms with Gasteiger partial charge in [0.05, 0.1) is 12.2 Å². The van der Waals surface area contributed by atoms with Gasteiger partial charge >= 0.3 is 5.97 Å². The van der Waals surface area contributed by atoms with E-state index < -0.39 is 0 Å². The number of anilines is 1. The van der Waals surface area contributed by atoms with Crippen LogP contribution in [0.25, 0.3) is 11.1 Å². The van der Waals surface area contributed by atoms with Gasteiger partial charge in [0, 0.05) is 5.69 Å². The minimum absolute atomic E-state index is 0.298. The van der Waals surface area contributed by atoms with Crippen molar-refractivity contribution in [2.75, 3.05) is 12.3 Å². The molecule has 0 aromatic rings. The lowest BCUT2D eigenvalue weighted by Crippen LogP contribution is -2.02. The highest BCUT2D eigenvalue weighted by atomic mass is 16.5. The van der Waals surface area contributed by atoms with Crippen molar-refractivity contribution < 1.29 is 9.53 Å². The summed E-state index contributed by atoms with van der Waals surface area (Å²) in [6, 6.07) is 11.0. The number of fused-ring (bicyclic) bond motifs is 1. The number of nitrogens with two attached hydrogens (primary N) is 1. The fraction of sp³-hybridized carbons (Fsp3) is 0.154. The molecule has 0 aromatic heterocycles.